The minimum Gasteiger partial charge on any atom is -0.326 e. The number of nitrogens with one attached hydrogen (secondary N) is 1. The van der Waals surface area contributed by atoms with Crippen LogP contribution >= 0.6 is 11.3 Å². The maximum atomic E-state index is 12.3. The monoisotopic (exact) mass is 423 g/mol. The zero-order chi connectivity index (χ0) is 20.9. The molecule has 1 amide bonds. The summed E-state index contributed by atoms with van der Waals surface area (Å²) in [5.74, 6) is 0.731. The number of rotatable bonds is 7. The SMILES string of the molecule is Cn1c(=O)sc2cc(NC(=O)CCCCN3CCC(c4ccccc4)CC3)ccc21. The number of piperidine rings is 1. The summed E-state index contributed by atoms with van der Waals surface area (Å²) in [6.45, 7) is 3.36. The molecule has 2 aromatic carbocycles. The van der Waals surface area contributed by atoms with Gasteiger partial charge in [-0.15, -0.1) is 0 Å². The Balaban J connectivity index is 1.16. The summed E-state index contributed by atoms with van der Waals surface area (Å²) in [7, 11) is 1.77. The highest BCUT2D eigenvalue weighted by atomic mass is 32.1. The van der Waals surface area contributed by atoms with E-state index in [0.29, 0.717) is 12.3 Å². The van der Waals surface area contributed by atoms with Crippen LogP contribution in [0.25, 0.3) is 10.2 Å². The first kappa shape index (κ1) is 20.8. The van der Waals surface area contributed by atoms with Crippen molar-refractivity contribution in [3.8, 4) is 0 Å². The highest BCUT2D eigenvalue weighted by Crippen LogP contribution is 2.28. The summed E-state index contributed by atoms with van der Waals surface area (Å²) >= 11 is 1.21. The number of fused-ring (bicyclic) bond motifs is 1. The smallest absolute Gasteiger partial charge is 0.307 e. The molecule has 2 heterocycles. The average molecular weight is 424 g/mol. The zero-order valence-electron chi connectivity index (χ0n) is 17.5. The van der Waals surface area contributed by atoms with Crippen LogP contribution < -0.4 is 10.2 Å². The molecule has 0 saturated carbocycles. The number of thiazole rings is 1. The third-order valence-corrected chi connectivity index (χ3v) is 7.06. The van der Waals surface area contributed by atoms with Crippen LogP contribution in [0.2, 0.25) is 0 Å². The van der Waals surface area contributed by atoms with Gasteiger partial charge in [0.25, 0.3) is 0 Å². The maximum absolute atomic E-state index is 12.3. The van der Waals surface area contributed by atoms with Gasteiger partial charge in [-0.25, -0.2) is 0 Å². The molecule has 3 aromatic rings. The first-order valence-electron chi connectivity index (χ1n) is 10.8. The van der Waals surface area contributed by atoms with E-state index in [-0.39, 0.29) is 10.8 Å². The van der Waals surface area contributed by atoms with Gasteiger partial charge in [-0.2, -0.15) is 0 Å². The fourth-order valence-corrected chi connectivity index (χ4v) is 5.19. The molecular formula is C24H29N3O2S. The maximum Gasteiger partial charge on any atom is 0.307 e. The largest absolute Gasteiger partial charge is 0.326 e. The van der Waals surface area contributed by atoms with Crippen molar-refractivity contribution in [3.63, 3.8) is 0 Å². The number of hydrogen-bond acceptors (Lipinski definition) is 4. The lowest BCUT2D eigenvalue weighted by Crippen LogP contribution is -2.33. The average Bonchev–Trinajstić information content (AvgIpc) is 3.05. The summed E-state index contributed by atoms with van der Waals surface area (Å²) in [6.07, 6.45) is 4.91. The van der Waals surface area contributed by atoms with Crippen molar-refractivity contribution in [2.75, 3.05) is 25.0 Å². The Hall–Kier alpha value is -2.44. The van der Waals surface area contributed by atoms with Crippen molar-refractivity contribution in [3.05, 3.63) is 63.8 Å². The van der Waals surface area contributed by atoms with Gasteiger partial charge in [-0.3, -0.25) is 9.59 Å². The molecule has 1 aliphatic rings. The van der Waals surface area contributed by atoms with Gasteiger partial charge in [0.1, 0.15) is 0 Å². The van der Waals surface area contributed by atoms with E-state index in [0.717, 1.165) is 48.4 Å². The lowest BCUT2D eigenvalue weighted by Gasteiger charge is -2.32. The Morgan fingerprint density at radius 1 is 1.10 bits per heavy atom. The molecule has 1 saturated heterocycles. The summed E-state index contributed by atoms with van der Waals surface area (Å²) in [5.41, 5.74) is 3.13. The third-order valence-electron chi connectivity index (χ3n) is 6.06. The van der Waals surface area contributed by atoms with Crippen molar-refractivity contribution in [1.82, 2.24) is 9.47 Å². The molecule has 1 fully saturated rings. The lowest BCUT2D eigenvalue weighted by atomic mass is 9.89. The van der Waals surface area contributed by atoms with Crippen molar-refractivity contribution in [1.29, 1.82) is 0 Å². The van der Waals surface area contributed by atoms with Crippen LogP contribution in [0.15, 0.2) is 53.3 Å². The van der Waals surface area contributed by atoms with Crippen LogP contribution in [-0.2, 0) is 11.8 Å². The number of unbranched alkanes of at least 4 members (excludes halogenated alkanes) is 1. The van der Waals surface area contributed by atoms with Crippen molar-refractivity contribution >= 4 is 33.1 Å². The van der Waals surface area contributed by atoms with Crippen LogP contribution in [0.3, 0.4) is 0 Å². The Bertz CT molecular complexity index is 1050. The van der Waals surface area contributed by atoms with Crippen LogP contribution in [0.4, 0.5) is 5.69 Å². The molecule has 0 aliphatic carbocycles. The Morgan fingerprint density at radius 3 is 2.63 bits per heavy atom. The Labute approximate surface area is 181 Å². The van der Waals surface area contributed by atoms with Gasteiger partial charge in [-0.05, 0) is 75.0 Å². The number of carbonyl (C=O) groups is 1. The predicted molar refractivity (Wildman–Crippen MR) is 124 cm³/mol. The number of hydrogen-bond donors (Lipinski definition) is 1. The summed E-state index contributed by atoms with van der Waals surface area (Å²) < 4.78 is 2.54. The molecule has 30 heavy (non-hydrogen) atoms. The Morgan fingerprint density at radius 2 is 1.87 bits per heavy atom. The molecule has 0 bridgehead atoms. The zero-order valence-corrected chi connectivity index (χ0v) is 18.3. The van der Waals surface area contributed by atoms with Crippen LogP contribution in [-0.4, -0.2) is 35.0 Å². The van der Waals surface area contributed by atoms with E-state index < -0.39 is 0 Å². The summed E-state index contributed by atoms with van der Waals surface area (Å²) in [6, 6.07) is 16.5. The number of aryl methyl sites for hydroxylation is 1. The van der Waals surface area contributed by atoms with Gasteiger partial charge in [0.15, 0.2) is 0 Å². The standard InChI is InChI=1S/C24H29N3O2S/c1-26-21-11-10-20(17-22(21)30-24(26)29)25-23(28)9-5-6-14-27-15-12-19(13-16-27)18-7-3-2-4-8-18/h2-4,7-8,10-11,17,19H,5-6,9,12-16H2,1H3,(H,25,28). The fraction of sp³-hybridized carbons (Fsp3) is 0.417. The summed E-state index contributed by atoms with van der Waals surface area (Å²) in [5, 5.41) is 2.97. The van der Waals surface area contributed by atoms with E-state index in [9.17, 15) is 9.59 Å². The minimum absolute atomic E-state index is 0.0151. The van der Waals surface area contributed by atoms with Gasteiger partial charge in [0.2, 0.25) is 5.91 Å². The van der Waals surface area contributed by atoms with E-state index in [1.54, 1.807) is 11.6 Å². The van der Waals surface area contributed by atoms with Crippen LogP contribution in [0.1, 0.15) is 43.6 Å². The molecule has 6 heteroatoms. The van der Waals surface area contributed by atoms with Gasteiger partial charge < -0.3 is 14.8 Å². The molecule has 5 nitrogen and oxygen atoms in total. The highest BCUT2D eigenvalue weighted by Gasteiger charge is 2.20. The first-order chi connectivity index (χ1) is 14.6. The molecule has 0 unspecified atom stereocenters. The predicted octanol–water partition coefficient (Wildman–Crippen LogP) is 4.59. The van der Waals surface area contributed by atoms with Crippen molar-refractivity contribution in [2.45, 2.75) is 38.0 Å². The van der Waals surface area contributed by atoms with E-state index in [1.807, 2.05) is 18.2 Å². The minimum atomic E-state index is 0.0151. The van der Waals surface area contributed by atoms with Gasteiger partial charge in [0, 0.05) is 19.2 Å². The second-order valence-electron chi connectivity index (χ2n) is 8.14. The normalized spacial score (nSPS) is 15.5. The molecule has 1 aliphatic heterocycles. The third kappa shape index (κ3) is 4.99. The lowest BCUT2D eigenvalue weighted by molar-refractivity contribution is -0.116. The quantitative estimate of drug-likeness (QED) is 0.566. The van der Waals surface area contributed by atoms with Gasteiger partial charge >= 0.3 is 4.87 Å². The van der Waals surface area contributed by atoms with Gasteiger partial charge in [0.05, 0.1) is 10.2 Å². The number of likely N-dealkylation sites (tertiary alicyclic amines) is 1. The molecule has 0 atom stereocenters. The van der Waals surface area contributed by atoms with Crippen LogP contribution in [0.5, 0.6) is 0 Å². The molecular weight excluding hydrogens is 394 g/mol. The van der Waals surface area contributed by atoms with E-state index in [4.69, 9.17) is 0 Å². The highest BCUT2D eigenvalue weighted by molar-refractivity contribution is 7.16. The molecule has 1 N–H and O–H groups in total. The molecule has 0 spiro atoms. The molecule has 1 aromatic heterocycles. The number of amides is 1. The molecule has 4 rings (SSSR count). The number of carbonyl (C=O) groups excluding carboxylic acids is 1. The van der Waals surface area contributed by atoms with Crippen molar-refractivity contribution in [2.24, 2.45) is 7.05 Å². The van der Waals surface area contributed by atoms with E-state index >= 15 is 0 Å². The number of benzene rings is 2. The second-order valence-corrected chi connectivity index (χ2v) is 9.13. The van der Waals surface area contributed by atoms with E-state index in [2.05, 4.69) is 40.5 Å². The summed E-state index contributed by atoms with van der Waals surface area (Å²) in [4.78, 5) is 26.6. The second kappa shape index (κ2) is 9.58. The first-order valence-corrected chi connectivity index (χ1v) is 11.6. The number of anilines is 1. The number of nitrogens with zero attached hydrogens (tertiary/aromatic N) is 2. The van der Waals surface area contributed by atoms with Crippen LogP contribution in [0, 0.1) is 0 Å². The number of aromatic nitrogens is 1. The van der Waals surface area contributed by atoms with E-state index in [1.165, 1.54) is 29.7 Å². The van der Waals surface area contributed by atoms with Crippen molar-refractivity contribution < 1.29 is 4.79 Å². The molecule has 158 valence electrons. The topological polar surface area (TPSA) is 54.3 Å². The fourth-order valence-electron chi connectivity index (χ4n) is 4.27. The molecule has 0 radical (unpaired) electrons. The van der Waals surface area contributed by atoms with Gasteiger partial charge in [-0.1, -0.05) is 41.7 Å². The Kier molecular flexibility index (Phi) is 6.65.